The Morgan fingerprint density at radius 1 is 1.12 bits per heavy atom. The van der Waals surface area contributed by atoms with Crippen LogP contribution in [0.4, 0.5) is 0 Å². The molecule has 1 aliphatic rings. The molecule has 0 amide bonds. The van der Waals surface area contributed by atoms with Gasteiger partial charge >= 0.3 is 0 Å². The molecule has 0 spiro atoms. The molecule has 0 aliphatic carbocycles. The van der Waals surface area contributed by atoms with E-state index in [1.54, 1.807) is 21.6 Å². The standard InChI is InChI=1S/C2H7N3S2.BrH/c3-1-5-2(4)7-6-1;/h1-2,5H,3-4H2;1H. The molecular weight excluding hydrogens is 210 g/mol. The molecule has 0 aromatic carbocycles. The molecule has 1 aliphatic heterocycles. The van der Waals surface area contributed by atoms with E-state index in [2.05, 4.69) is 0 Å². The Morgan fingerprint density at radius 2 is 1.50 bits per heavy atom. The Balaban J connectivity index is 0.000000490. The largest absolute Gasteiger partial charge is 1.00 e. The SMILES string of the molecule is NC1[NH2+]C(N)SS1.[Br-]. The highest BCUT2D eigenvalue weighted by Crippen LogP contribution is 2.25. The molecule has 50 valence electrons. The van der Waals surface area contributed by atoms with E-state index >= 15 is 0 Å². The first-order valence-electron chi connectivity index (χ1n) is 1.97. The van der Waals surface area contributed by atoms with Gasteiger partial charge in [0.05, 0.1) is 0 Å². The second-order valence-electron chi connectivity index (χ2n) is 1.31. The van der Waals surface area contributed by atoms with Gasteiger partial charge in [0.2, 0.25) is 0 Å². The van der Waals surface area contributed by atoms with Crippen molar-refractivity contribution >= 4 is 21.6 Å². The van der Waals surface area contributed by atoms with Crippen LogP contribution in [0.25, 0.3) is 0 Å². The van der Waals surface area contributed by atoms with Gasteiger partial charge in [-0.2, -0.15) is 0 Å². The average Bonchev–Trinajstić information content (AvgIpc) is 1.87. The molecule has 6 N–H and O–H groups in total. The van der Waals surface area contributed by atoms with E-state index in [4.69, 9.17) is 11.5 Å². The van der Waals surface area contributed by atoms with E-state index in [0.29, 0.717) is 0 Å². The molecule has 0 saturated carbocycles. The molecule has 0 bridgehead atoms. The van der Waals surface area contributed by atoms with Crippen molar-refractivity contribution in [1.82, 2.24) is 0 Å². The average molecular weight is 218 g/mol. The minimum Gasteiger partial charge on any atom is -1.00 e. The Bertz CT molecular complexity index is 64.3. The van der Waals surface area contributed by atoms with Gasteiger partial charge in [0.1, 0.15) is 0 Å². The molecule has 1 saturated heterocycles. The third-order valence-corrected chi connectivity index (χ3v) is 3.19. The molecule has 0 radical (unpaired) electrons. The Labute approximate surface area is 66.5 Å². The number of halogens is 1. The summed E-state index contributed by atoms with van der Waals surface area (Å²) < 4.78 is 0. The number of hydrogen-bond donors (Lipinski definition) is 3. The van der Waals surface area contributed by atoms with E-state index < -0.39 is 0 Å². The highest BCUT2D eigenvalue weighted by molar-refractivity contribution is 8.77. The lowest BCUT2D eigenvalue weighted by atomic mass is 11.0. The monoisotopic (exact) mass is 217 g/mol. The fourth-order valence-electron chi connectivity index (χ4n) is 0.379. The van der Waals surface area contributed by atoms with Crippen LogP contribution in [0.3, 0.4) is 0 Å². The summed E-state index contributed by atoms with van der Waals surface area (Å²) in [5.74, 6) is 0. The lowest BCUT2D eigenvalue weighted by Crippen LogP contribution is -3.00. The summed E-state index contributed by atoms with van der Waals surface area (Å²) in [6.07, 6.45) is 0. The molecule has 0 aromatic heterocycles. The van der Waals surface area contributed by atoms with Gasteiger partial charge in [-0.3, -0.25) is 16.8 Å². The molecule has 1 heterocycles. The van der Waals surface area contributed by atoms with Gasteiger partial charge in [-0.25, -0.2) is 0 Å². The van der Waals surface area contributed by atoms with Crippen molar-refractivity contribution in [2.45, 2.75) is 11.0 Å². The van der Waals surface area contributed by atoms with Gasteiger partial charge in [0, 0.05) is 0 Å². The van der Waals surface area contributed by atoms with Crippen molar-refractivity contribution < 1.29 is 22.3 Å². The first-order chi connectivity index (χ1) is 3.29. The molecule has 8 heavy (non-hydrogen) atoms. The number of rotatable bonds is 0. The zero-order valence-corrected chi connectivity index (χ0v) is 7.30. The van der Waals surface area contributed by atoms with E-state index in [9.17, 15) is 0 Å². The molecule has 3 nitrogen and oxygen atoms in total. The van der Waals surface area contributed by atoms with E-state index in [1.165, 1.54) is 0 Å². The molecule has 2 atom stereocenters. The maximum absolute atomic E-state index is 5.43. The highest BCUT2D eigenvalue weighted by atomic mass is 79.9. The van der Waals surface area contributed by atoms with Crippen molar-refractivity contribution in [3.8, 4) is 0 Å². The zero-order valence-electron chi connectivity index (χ0n) is 4.08. The summed E-state index contributed by atoms with van der Waals surface area (Å²) in [5, 5.41) is 1.93. The third kappa shape index (κ3) is 2.56. The van der Waals surface area contributed by atoms with Crippen LogP contribution in [0, 0.1) is 0 Å². The second kappa shape index (κ2) is 3.97. The minimum atomic E-state index is 0. The molecule has 1 rings (SSSR count). The van der Waals surface area contributed by atoms with Crippen LogP contribution in [0.1, 0.15) is 0 Å². The third-order valence-electron chi connectivity index (χ3n) is 0.657. The Morgan fingerprint density at radius 3 is 1.62 bits per heavy atom. The maximum atomic E-state index is 5.43. The van der Waals surface area contributed by atoms with E-state index in [-0.39, 0.29) is 28.0 Å². The van der Waals surface area contributed by atoms with Crippen LogP contribution in [0.15, 0.2) is 0 Å². The predicted molar refractivity (Wildman–Crippen MR) is 33.1 cm³/mol. The molecule has 0 aromatic rings. The van der Waals surface area contributed by atoms with Crippen LogP contribution in [-0.2, 0) is 0 Å². The minimum absolute atomic E-state index is 0. The fraction of sp³-hybridized carbons (Fsp3) is 1.00. The quantitative estimate of drug-likeness (QED) is 0.358. The predicted octanol–water partition coefficient (Wildman–Crippen LogP) is -4.57. The summed E-state index contributed by atoms with van der Waals surface area (Å²) in [6.45, 7) is 0. The zero-order chi connectivity index (χ0) is 5.28. The first kappa shape index (κ1) is 9.06. The number of hydrogen-bond acceptors (Lipinski definition) is 4. The Kier molecular flexibility index (Phi) is 4.50. The lowest BCUT2D eigenvalue weighted by molar-refractivity contribution is -0.675. The number of quaternary nitrogens is 1. The van der Waals surface area contributed by atoms with Gasteiger partial charge in [-0.1, -0.05) is 0 Å². The Hall–Kier alpha value is 1.06. The smallest absolute Gasteiger partial charge is 0.197 e. The summed E-state index contributed by atoms with van der Waals surface area (Å²) in [6, 6.07) is 0. The van der Waals surface area contributed by atoms with Crippen molar-refractivity contribution in [1.29, 1.82) is 0 Å². The van der Waals surface area contributed by atoms with E-state index in [1.807, 2.05) is 5.32 Å². The number of nitrogens with two attached hydrogens (primary N) is 3. The van der Waals surface area contributed by atoms with Gasteiger partial charge in [0.15, 0.2) is 11.0 Å². The molecule has 6 heteroatoms. The van der Waals surface area contributed by atoms with Crippen LogP contribution in [0.5, 0.6) is 0 Å². The van der Waals surface area contributed by atoms with Crippen LogP contribution < -0.4 is 33.8 Å². The van der Waals surface area contributed by atoms with Crippen molar-refractivity contribution in [2.75, 3.05) is 0 Å². The van der Waals surface area contributed by atoms with Crippen LogP contribution in [-0.4, -0.2) is 11.0 Å². The first-order valence-corrected chi connectivity index (χ1v) is 4.25. The van der Waals surface area contributed by atoms with Gasteiger partial charge < -0.3 is 17.0 Å². The van der Waals surface area contributed by atoms with Crippen LogP contribution >= 0.6 is 21.6 Å². The van der Waals surface area contributed by atoms with Crippen molar-refractivity contribution in [2.24, 2.45) is 11.5 Å². The van der Waals surface area contributed by atoms with Crippen LogP contribution in [0.2, 0.25) is 0 Å². The summed E-state index contributed by atoms with van der Waals surface area (Å²) in [5.41, 5.74) is 11.2. The van der Waals surface area contributed by atoms with Crippen molar-refractivity contribution in [3.05, 3.63) is 0 Å². The van der Waals surface area contributed by atoms with Crippen molar-refractivity contribution in [3.63, 3.8) is 0 Å². The van der Waals surface area contributed by atoms with Gasteiger partial charge in [0.25, 0.3) is 0 Å². The summed E-state index contributed by atoms with van der Waals surface area (Å²) in [7, 11) is 3.24. The lowest BCUT2D eigenvalue weighted by Gasteiger charge is -1.95. The summed E-state index contributed by atoms with van der Waals surface area (Å²) >= 11 is 0. The summed E-state index contributed by atoms with van der Waals surface area (Å²) in [4.78, 5) is 0. The van der Waals surface area contributed by atoms with Gasteiger partial charge in [-0.05, 0) is 21.6 Å². The van der Waals surface area contributed by atoms with E-state index in [0.717, 1.165) is 0 Å². The molecule has 1 fully saturated rings. The second-order valence-corrected chi connectivity index (χ2v) is 3.94. The topological polar surface area (TPSA) is 68.6 Å². The molecular formula is C2H8BrN3S2. The fourth-order valence-corrected chi connectivity index (χ4v) is 2.36. The maximum Gasteiger partial charge on any atom is 0.197 e. The molecule has 2 unspecified atom stereocenters. The normalized spacial score (nSPS) is 36.8. The van der Waals surface area contributed by atoms with Gasteiger partial charge in [-0.15, -0.1) is 0 Å². The highest BCUT2D eigenvalue weighted by Gasteiger charge is 2.22.